The number of benzene rings is 1. The average molecular weight is 398 g/mol. The van der Waals surface area contributed by atoms with E-state index in [0.29, 0.717) is 30.3 Å². The van der Waals surface area contributed by atoms with Gasteiger partial charge in [0.1, 0.15) is 30.3 Å². The first kappa shape index (κ1) is 19.1. The van der Waals surface area contributed by atoms with E-state index in [1.807, 2.05) is 43.0 Å². The summed E-state index contributed by atoms with van der Waals surface area (Å²) >= 11 is 0. The Balaban J connectivity index is 1.61. The molecule has 1 aliphatic rings. The van der Waals surface area contributed by atoms with Crippen LogP contribution in [0, 0.1) is 0 Å². The summed E-state index contributed by atoms with van der Waals surface area (Å²) in [5, 5.41) is 8.33. The molecule has 0 saturated carbocycles. The Labute approximate surface area is 167 Å². The molecule has 0 bridgehead atoms. The van der Waals surface area contributed by atoms with Gasteiger partial charge in [0.15, 0.2) is 0 Å². The molecule has 1 aromatic carbocycles. The van der Waals surface area contributed by atoms with Gasteiger partial charge in [-0.1, -0.05) is 0 Å². The van der Waals surface area contributed by atoms with Crippen molar-refractivity contribution in [3.05, 3.63) is 30.6 Å². The van der Waals surface area contributed by atoms with E-state index in [1.54, 1.807) is 0 Å². The van der Waals surface area contributed by atoms with Crippen molar-refractivity contribution in [1.29, 1.82) is 0 Å². The quantitative estimate of drug-likeness (QED) is 0.686. The zero-order chi connectivity index (χ0) is 20.4. The number of rotatable bonds is 6. The predicted molar refractivity (Wildman–Crippen MR) is 108 cm³/mol. The number of H-pyrrole nitrogens is 1. The van der Waals surface area contributed by atoms with E-state index in [9.17, 15) is 9.18 Å². The molecule has 0 aliphatic carbocycles. The number of halogens is 1. The first-order valence-corrected chi connectivity index (χ1v) is 9.61. The van der Waals surface area contributed by atoms with Crippen molar-refractivity contribution < 1.29 is 13.9 Å². The molecule has 1 N–H and O–H groups in total. The van der Waals surface area contributed by atoms with E-state index < -0.39 is 6.67 Å². The smallest absolute Gasteiger partial charge is 0.242 e. The van der Waals surface area contributed by atoms with Gasteiger partial charge in [0.25, 0.3) is 0 Å². The fourth-order valence-corrected chi connectivity index (χ4v) is 3.43. The Morgan fingerprint density at radius 3 is 2.86 bits per heavy atom. The summed E-state index contributed by atoms with van der Waals surface area (Å²) in [5.74, 6) is 1.31. The van der Waals surface area contributed by atoms with Crippen LogP contribution in [0.2, 0.25) is 0 Å². The van der Waals surface area contributed by atoms with Crippen molar-refractivity contribution in [2.24, 2.45) is 0 Å². The highest BCUT2D eigenvalue weighted by molar-refractivity contribution is 5.93. The van der Waals surface area contributed by atoms with E-state index in [0.717, 1.165) is 16.7 Å². The highest BCUT2D eigenvalue weighted by atomic mass is 19.1. The number of carbonyl (C=O) groups excluding carboxylic acids is 1. The van der Waals surface area contributed by atoms with Crippen LogP contribution in [0.1, 0.15) is 13.8 Å². The number of nitrogens with zero attached hydrogens (tertiary/aromatic N) is 5. The molecule has 3 aromatic rings. The number of carbonyl (C=O) groups is 1. The van der Waals surface area contributed by atoms with Crippen molar-refractivity contribution in [2.45, 2.75) is 20.0 Å². The number of piperazine rings is 1. The maximum Gasteiger partial charge on any atom is 0.242 e. The van der Waals surface area contributed by atoms with Gasteiger partial charge in [-0.25, -0.2) is 14.4 Å². The van der Waals surface area contributed by atoms with Crippen molar-refractivity contribution in [3.63, 3.8) is 0 Å². The third-order valence-electron chi connectivity index (χ3n) is 4.80. The number of fused-ring (bicyclic) bond motifs is 1. The minimum atomic E-state index is -0.530. The molecule has 8 nitrogen and oxygen atoms in total. The molecule has 1 aliphatic heterocycles. The molecular formula is C20H23FN6O2. The summed E-state index contributed by atoms with van der Waals surface area (Å²) in [6.07, 6.45) is 1.54. The molecule has 1 amide bonds. The third kappa shape index (κ3) is 3.98. The number of alkyl halides is 1. The van der Waals surface area contributed by atoms with Crippen molar-refractivity contribution in [3.8, 4) is 17.1 Å². The standard InChI is InChI=1S/C20H23FN6O2/c1-13(2)29-14-3-4-16-15(9-14)20(25-24-16)17-10-18(23-12-22-17)27-8-7-26(6-5-21)19(28)11-27/h3-4,9-10,12-13H,5-8,11H2,1-2H3,(H,24,25). The van der Waals surface area contributed by atoms with Gasteiger partial charge in [-0.2, -0.15) is 5.10 Å². The number of hydrogen-bond acceptors (Lipinski definition) is 6. The number of amides is 1. The molecule has 1 fully saturated rings. The van der Waals surface area contributed by atoms with Crippen LogP contribution in [-0.2, 0) is 4.79 Å². The second-order valence-electron chi connectivity index (χ2n) is 7.20. The molecule has 152 valence electrons. The molecule has 0 spiro atoms. The monoisotopic (exact) mass is 398 g/mol. The molecule has 0 radical (unpaired) electrons. The van der Waals surface area contributed by atoms with Crippen LogP contribution in [0.15, 0.2) is 30.6 Å². The van der Waals surface area contributed by atoms with E-state index in [1.165, 1.54) is 11.2 Å². The van der Waals surface area contributed by atoms with Crippen molar-refractivity contribution in [2.75, 3.05) is 37.8 Å². The molecule has 9 heteroatoms. The molecule has 1 saturated heterocycles. The third-order valence-corrected chi connectivity index (χ3v) is 4.80. The van der Waals surface area contributed by atoms with Gasteiger partial charge < -0.3 is 14.5 Å². The van der Waals surface area contributed by atoms with Crippen molar-refractivity contribution in [1.82, 2.24) is 25.1 Å². The number of anilines is 1. The first-order valence-electron chi connectivity index (χ1n) is 9.61. The fourth-order valence-electron chi connectivity index (χ4n) is 3.43. The lowest BCUT2D eigenvalue weighted by molar-refractivity contribution is -0.131. The van der Waals surface area contributed by atoms with E-state index in [2.05, 4.69) is 20.2 Å². The Bertz CT molecular complexity index is 1020. The van der Waals surface area contributed by atoms with Gasteiger partial charge in [-0.05, 0) is 32.0 Å². The van der Waals surface area contributed by atoms with Gasteiger partial charge >= 0.3 is 0 Å². The van der Waals surface area contributed by atoms with Crippen molar-refractivity contribution >= 4 is 22.6 Å². The summed E-state index contributed by atoms with van der Waals surface area (Å²) in [4.78, 5) is 24.3. The number of ether oxygens (including phenoxy) is 1. The van der Waals surface area contributed by atoms with Crippen LogP contribution in [0.3, 0.4) is 0 Å². The molecular weight excluding hydrogens is 375 g/mol. The zero-order valence-corrected chi connectivity index (χ0v) is 16.4. The Morgan fingerprint density at radius 2 is 2.10 bits per heavy atom. The fraction of sp³-hybridized carbons (Fsp3) is 0.400. The second kappa shape index (κ2) is 8.02. The SMILES string of the molecule is CC(C)Oc1ccc2[nH]nc(-c3cc(N4CCN(CCF)C(=O)C4)ncn3)c2c1. The van der Waals surface area contributed by atoms with Crippen LogP contribution < -0.4 is 9.64 Å². The molecule has 29 heavy (non-hydrogen) atoms. The van der Waals surface area contributed by atoms with E-state index in [-0.39, 0.29) is 25.1 Å². The second-order valence-corrected chi connectivity index (χ2v) is 7.20. The summed E-state index contributed by atoms with van der Waals surface area (Å²) in [7, 11) is 0. The molecule has 0 atom stereocenters. The maximum absolute atomic E-state index is 12.6. The lowest BCUT2D eigenvalue weighted by atomic mass is 10.1. The molecule has 4 rings (SSSR count). The number of nitrogens with one attached hydrogen (secondary N) is 1. The Kier molecular flexibility index (Phi) is 5.28. The Hall–Kier alpha value is -3.23. The summed E-state index contributed by atoms with van der Waals surface area (Å²) in [6, 6.07) is 7.59. The van der Waals surface area contributed by atoms with Crippen LogP contribution in [0.25, 0.3) is 22.3 Å². The predicted octanol–water partition coefficient (Wildman–Crippen LogP) is 2.43. The minimum Gasteiger partial charge on any atom is -0.491 e. The summed E-state index contributed by atoms with van der Waals surface area (Å²) in [5.41, 5.74) is 2.23. The zero-order valence-electron chi connectivity index (χ0n) is 16.4. The normalized spacial score (nSPS) is 14.8. The first-order chi connectivity index (χ1) is 14.0. The minimum absolute atomic E-state index is 0.0713. The van der Waals surface area contributed by atoms with Gasteiger partial charge in [0.05, 0.1) is 23.9 Å². The van der Waals surface area contributed by atoms with Crippen LogP contribution >= 0.6 is 0 Å². The van der Waals surface area contributed by atoms with Crippen LogP contribution in [0.4, 0.5) is 10.2 Å². The van der Waals surface area contributed by atoms with Gasteiger partial charge in [-0.15, -0.1) is 0 Å². The molecule has 2 aromatic heterocycles. The highest BCUT2D eigenvalue weighted by Crippen LogP contribution is 2.30. The van der Waals surface area contributed by atoms with Gasteiger partial charge in [0.2, 0.25) is 5.91 Å². The largest absolute Gasteiger partial charge is 0.491 e. The number of aromatic amines is 1. The lowest BCUT2D eigenvalue weighted by Gasteiger charge is -2.34. The van der Waals surface area contributed by atoms with E-state index in [4.69, 9.17) is 4.74 Å². The summed E-state index contributed by atoms with van der Waals surface area (Å²) in [6.45, 7) is 4.81. The highest BCUT2D eigenvalue weighted by Gasteiger charge is 2.25. The number of hydrogen-bond donors (Lipinski definition) is 1. The number of aromatic nitrogens is 4. The molecule has 3 heterocycles. The Morgan fingerprint density at radius 1 is 1.24 bits per heavy atom. The van der Waals surface area contributed by atoms with Gasteiger partial charge in [0, 0.05) is 31.1 Å². The molecule has 0 unspecified atom stereocenters. The van der Waals surface area contributed by atoms with Gasteiger partial charge in [-0.3, -0.25) is 9.89 Å². The summed E-state index contributed by atoms with van der Waals surface area (Å²) < 4.78 is 18.4. The average Bonchev–Trinajstić information content (AvgIpc) is 3.12. The van der Waals surface area contributed by atoms with E-state index >= 15 is 0 Å². The maximum atomic E-state index is 12.6. The van der Waals surface area contributed by atoms with Crippen LogP contribution in [-0.4, -0.2) is 69.9 Å². The topological polar surface area (TPSA) is 87.2 Å². The van der Waals surface area contributed by atoms with Crippen LogP contribution in [0.5, 0.6) is 5.75 Å². The lowest BCUT2D eigenvalue weighted by Crippen LogP contribution is -2.51.